The fourth-order valence-electron chi connectivity index (χ4n) is 3.69. The molecule has 24 heavy (non-hydrogen) atoms. The Kier molecular flexibility index (Phi) is 4.56. The maximum Gasteiger partial charge on any atom is 0.293 e. The van der Waals surface area contributed by atoms with Gasteiger partial charge in [0.2, 0.25) is 0 Å². The second kappa shape index (κ2) is 6.49. The molecule has 2 fully saturated rings. The van der Waals surface area contributed by atoms with Gasteiger partial charge in [-0.05, 0) is 45.2 Å². The molecule has 7 nitrogen and oxygen atoms in total. The maximum absolute atomic E-state index is 11.5. The lowest BCUT2D eigenvalue weighted by atomic mass is 9.70. The van der Waals surface area contributed by atoms with Crippen molar-refractivity contribution in [2.24, 2.45) is 0 Å². The van der Waals surface area contributed by atoms with Crippen LogP contribution in [-0.2, 0) is 9.47 Å². The van der Waals surface area contributed by atoms with Crippen molar-refractivity contribution in [2.45, 2.75) is 50.9 Å². The topological polar surface area (TPSA) is 90.7 Å². The highest BCUT2D eigenvalue weighted by atomic mass is 16.6. The number of nitro benzene ring substituents is 1. The predicted octanol–water partition coefficient (Wildman–Crippen LogP) is 2.94. The predicted molar refractivity (Wildman–Crippen MR) is 88.5 cm³/mol. The zero-order valence-electron chi connectivity index (χ0n) is 13.9. The minimum absolute atomic E-state index is 0.0260. The third-order valence-electron chi connectivity index (χ3n) is 4.97. The van der Waals surface area contributed by atoms with E-state index < -0.39 is 10.5 Å². The van der Waals surface area contributed by atoms with E-state index in [4.69, 9.17) is 9.47 Å². The van der Waals surface area contributed by atoms with Gasteiger partial charge in [-0.15, -0.1) is 0 Å². The lowest BCUT2D eigenvalue weighted by molar-refractivity contribution is -0.384. The number of benzene rings is 1. The number of hydrogen-bond donors (Lipinski definition) is 1. The van der Waals surface area contributed by atoms with Gasteiger partial charge in [-0.1, -0.05) is 0 Å². The van der Waals surface area contributed by atoms with Crippen molar-refractivity contribution in [3.8, 4) is 0 Å². The van der Waals surface area contributed by atoms with E-state index in [1.54, 1.807) is 12.1 Å². The molecule has 2 aliphatic rings. The number of nitrogens with one attached hydrogen (secondary N) is 1. The van der Waals surface area contributed by atoms with E-state index in [-0.39, 0.29) is 23.6 Å². The van der Waals surface area contributed by atoms with Gasteiger partial charge in [-0.3, -0.25) is 14.9 Å². The summed E-state index contributed by atoms with van der Waals surface area (Å²) in [6.45, 7) is 4.66. The third-order valence-corrected chi connectivity index (χ3v) is 4.97. The molecule has 0 radical (unpaired) electrons. The van der Waals surface area contributed by atoms with Crippen molar-refractivity contribution in [3.63, 3.8) is 0 Å². The first-order chi connectivity index (χ1) is 11.5. The van der Waals surface area contributed by atoms with Crippen molar-refractivity contribution < 1.29 is 19.2 Å². The van der Waals surface area contributed by atoms with Crippen LogP contribution in [0.25, 0.3) is 0 Å². The number of nitrogens with zero attached hydrogens (tertiary/aromatic N) is 1. The molecule has 1 saturated carbocycles. The Balaban J connectivity index is 1.83. The summed E-state index contributed by atoms with van der Waals surface area (Å²) in [5.74, 6) is -0.194. The molecule has 130 valence electrons. The van der Waals surface area contributed by atoms with Gasteiger partial charge in [-0.2, -0.15) is 0 Å². The molecule has 1 aromatic carbocycles. The van der Waals surface area contributed by atoms with Crippen molar-refractivity contribution in [1.29, 1.82) is 0 Å². The smallest absolute Gasteiger partial charge is 0.293 e. The molecule has 3 rings (SSSR count). The second-order valence-electron chi connectivity index (χ2n) is 6.33. The lowest BCUT2D eigenvalue weighted by Gasteiger charge is -2.52. The zero-order chi connectivity index (χ0) is 17.3. The number of hydrogen-bond acceptors (Lipinski definition) is 6. The second-order valence-corrected chi connectivity index (χ2v) is 6.33. The molecule has 0 amide bonds. The Morgan fingerprint density at radius 1 is 1.54 bits per heavy atom. The van der Waals surface area contributed by atoms with Crippen LogP contribution < -0.4 is 5.32 Å². The highest BCUT2D eigenvalue weighted by molar-refractivity contribution is 5.95. The third kappa shape index (κ3) is 2.78. The van der Waals surface area contributed by atoms with Gasteiger partial charge in [0, 0.05) is 24.8 Å². The van der Waals surface area contributed by atoms with E-state index in [1.807, 2.05) is 6.92 Å². The summed E-state index contributed by atoms with van der Waals surface area (Å²) >= 11 is 0. The number of carbonyl (C=O) groups is 1. The van der Waals surface area contributed by atoms with Gasteiger partial charge in [0.25, 0.3) is 5.69 Å². The summed E-state index contributed by atoms with van der Waals surface area (Å²) in [5, 5.41) is 14.6. The van der Waals surface area contributed by atoms with Crippen LogP contribution in [0.1, 0.15) is 43.5 Å². The van der Waals surface area contributed by atoms with Crippen LogP contribution in [0.5, 0.6) is 0 Å². The minimum atomic E-state index is -0.463. The molecular weight excluding hydrogens is 312 g/mol. The molecule has 3 unspecified atom stereocenters. The minimum Gasteiger partial charge on any atom is -0.375 e. The van der Waals surface area contributed by atoms with E-state index in [1.165, 1.54) is 13.0 Å². The largest absolute Gasteiger partial charge is 0.375 e. The SMILES string of the molecule is CCOC1CC(Nc2ccc(C(C)=O)cc2[N+](=O)[O-])C12CCCO2. The summed E-state index contributed by atoms with van der Waals surface area (Å²) in [6.07, 6.45) is 2.62. The lowest BCUT2D eigenvalue weighted by Crippen LogP contribution is -2.66. The molecular formula is C17H22N2O5. The van der Waals surface area contributed by atoms with Crippen LogP contribution in [0.15, 0.2) is 18.2 Å². The van der Waals surface area contributed by atoms with E-state index in [0.717, 1.165) is 19.3 Å². The number of nitro groups is 1. The highest BCUT2D eigenvalue weighted by Crippen LogP contribution is 2.47. The first-order valence-corrected chi connectivity index (χ1v) is 8.29. The molecule has 1 heterocycles. The van der Waals surface area contributed by atoms with E-state index in [9.17, 15) is 14.9 Å². The van der Waals surface area contributed by atoms with Gasteiger partial charge in [-0.25, -0.2) is 0 Å². The number of Topliss-reactive ketones (excluding diaryl/α,β-unsaturated/α-hetero) is 1. The zero-order valence-corrected chi connectivity index (χ0v) is 13.9. The molecule has 1 spiro atoms. The van der Waals surface area contributed by atoms with Crippen LogP contribution in [0.4, 0.5) is 11.4 Å². The number of ketones is 1. The number of anilines is 1. The fourth-order valence-corrected chi connectivity index (χ4v) is 3.69. The Labute approximate surface area is 140 Å². The molecule has 1 aromatic rings. The monoisotopic (exact) mass is 334 g/mol. The van der Waals surface area contributed by atoms with Crippen molar-refractivity contribution >= 4 is 17.2 Å². The van der Waals surface area contributed by atoms with Crippen molar-refractivity contribution in [1.82, 2.24) is 0 Å². The first kappa shape index (κ1) is 16.9. The first-order valence-electron chi connectivity index (χ1n) is 8.29. The van der Waals surface area contributed by atoms with Crippen LogP contribution in [0, 0.1) is 10.1 Å². The normalized spacial score (nSPS) is 28.6. The Morgan fingerprint density at radius 2 is 2.33 bits per heavy atom. The standard InChI is InChI=1S/C17H22N2O5/c1-3-23-16-10-15(17(16)7-4-8-24-17)18-13-6-5-12(11(2)20)9-14(13)19(21)22/h5-6,9,15-16,18H,3-4,7-8,10H2,1-2H3. The quantitative estimate of drug-likeness (QED) is 0.489. The fraction of sp³-hybridized carbons (Fsp3) is 0.588. The van der Waals surface area contributed by atoms with E-state index in [0.29, 0.717) is 24.5 Å². The van der Waals surface area contributed by atoms with Gasteiger partial charge in [0.05, 0.1) is 17.1 Å². The average Bonchev–Trinajstić information content (AvgIpc) is 3.06. The van der Waals surface area contributed by atoms with Crippen molar-refractivity contribution in [2.75, 3.05) is 18.5 Å². The molecule has 0 bridgehead atoms. The van der Waals surface area contributed by atoms with Crippen molar-refractivity contribution in [3.05, 3.63) is 33.9 Å². The molecule has 3 atom stereocenters. The number of carbonyl (C=O) groups excluding carboxylic acids is 1. The molecule has 1 aliphatic carbocycles. The molecule has 7 heteroatoms. The molecule has 1 saturated heterocycles. The summed E-state index contributed by atoms with van der Waals surface area (Å²) in [4.78, 5) is 22.4. The Bertz CT molecular complexity index is 654. The average molecular weight is 334 g/mol. The van der Waals surface area contributed by atoms with Crippen LogP contribution in [-0.4, -0.2) is 41.7 Å². The van der Waals surface area contributed by atoms with Gasteiger partial charge in [0.15, 0.2) is 5.78 Å². The van der Waals surface area contributed by atoms with Gasteiger partial charge in [0.1, 0.15) is 11.3 Å². The number of rotatable bonds is 6. The summed E-state index contributed by atoms with van der Waals surface area (Å²) < 4.78 is 11.7. The van der Waals surface area contributed by atoms with E-state index in [2.05, 4.69) is 5.32 Å². The number of ether oxygens (including phenoxy) is 2. The maximum atomic E-state index is 11.5. The summed E-state index contributed by atoms with van der Waals surface area (Å²) in [6, 6.07) is 4.51. The molecule has 1 N–H and O–H groups in total. The highest BCUT2D eigenvalue weighted by Gasteiger charge is 2.59. The van der Waals surface area contributed by atoms with Crippen LogP contribution in [0.2, 0.25) is 0 Å². The van der Waals surface area contributed by atoms with Crippen LogP contribution in [0.3, 0.4) is 0 Å². The molecule has 1 aliphatic heterocycles. The van der Waals surface area contributed by atoms with Gasteiger partial charge >= 0.3 is 0 Å². The summed E-state index contributed by atoms with van der Waals surface area (Å²) in [7, 11) is 0. The Morgan fingerprint density at radius 3 is 2.92 bits per heavy atom. The van der Waals surface area contributed by atoms with Gasteiger partial charge < -0.3 is 14.8 Å². The Hall–Kier alpha value is -1.99. The molecule has 0 aromatic heterocycles. The summed E-state index contributed by atoms with van der Waals surface area (Å²) in [5.41, 5.74) is 0.263. The van der Waals surface area contributed by atoms with E-state index >= 15 is 0 Å². The van der Waals surface area contributed by atoms with Crippen LogP contribution >= 0.6 is 0 Å².